The van der Waals surface area contributed by atoms with Crippen LogP contribution in [0.1, 0.15) is 52.6 Å². The van der Waals surface area contributed by atoms with Gasteiger partial charge in [0.2, 0.25) is 0 Å². The molecule has 0 aromatic heterocycles. The number of nitrogens with two attached hydrogens (primary N) is 3. The summed E-state index contributed by atoms with van der Waals surface area (Å²) < 4.78 is 0. The lowest BCUT2D eigenvalue weighted by Gasteiger charge is -2.26. The first-order valence-electron chi connectivity index (χ1n) is 9.07. The van der Waals surface area contributed by atoms with Gasteiger partial charge in [-0.15, -0.1) is 0 Å². The number of hydrogen-bond donors (Lipinski definition) is 3. The zero-order chi connectivity index (χ0) is 17.9. The molecule has 1 aromatic rings. The Hall–Kier alpha value is -0.705. The molecular weight excluding hydrogens is 291 g/mol. The van der Waals surface area contributed by atoms with Gasteiger partial charge in [0.1, 0.15) is 0 Å². The molecule has 1 aromatic carbocycles. The molecule has 3 nitrogen and oxygen atoms in total. The first-order chi connectivity index (χ1) is 11.7. The SMILES string of the molecule is [B]CCCc1c(CN)c(CCC[B])c(CN)c(CCC[B])c1CN. The van der Waals surface area contributed by atoms with Gasteiger partial charge in [0.25, 0.3) is 0 Å². The maximum absolute atomic E-state index is 6.13. The van der Waals surface area contributed by atoms with Crippen molar-refractivity contribution in [2.24, 2.45) is 17.2 Å². The van der Waals surface area contributed by atoms with E-state index in [0.717, 1.165) is 38.5 Å². The fourth-order valence-corrected chi connectivity index (χ4v) is 3.57. The summed E-state index contributed by atoms with van der Waals surface area (Å²) in [6.07, 6.45) is 7.47. The van der Waals surface area contributed by atoms with E-state index in [4.69, 9.17) is 40.7 Å². The molecule has 0 atom stereocenters. The molecule has 0 heterocycles. The molecule has 6 radical (unpaired) electrons. The fraction of sp³-hybridized carbons (Fsp3) is 0.667. The Morgan fingerprint density at radius 2 is 0.708 bits per heavy atom. The maximum Gasteiger partial charge on any atom is 0.0653 e. The standard InChI is InChI=1S/C18H30B3N3/c19-7-1-4-13-16(10-22)14(5-2-8-20)18(12-24)15(6-3-9-21)17(13)11-23/h1-12,22-24H2. The van der Waals surface area contributed by atoms with Crippen LogP contribution < -0.4 is 17.2 Å². The van der Waals surface area contributed by atoms with Gasteiger partial charge in [0.15, 0.2) is 0 Å². The minimum absolute atomic E-state index is 0.497. The summed E-state index contributed by atoms with van der Waals surface area (Å²) in [7, 11) is 17.2. The maximum atomic E-state index is 6.13. The smallest absolute Gasteiger partial charge is 0.0653 e. The normalized spacial score (nSPS) is 11.1. The van der Waals surface area contributed by atoms with Crippen molar-refractivity contribution in [2.45, 2.75) is 77.1 Å². The number of benzene rings is 1. The van der Waals surface area contributed by atoms with Crippen molar-refractivity contribution < 1.29 is 0 Å². The molecule has 6 N–H and O–H groups in total. The largest absolute Gasteiger partial charge is 0.326 e. The molecule has 0 aliphatic heterocycles. The highest BCUT2D eigenvalue weighted by molar-refractivity contribution is 6.08. The minimum Gasteiger partial charge on any atom is -0.326 e. The molecule has 0 amide bonds. The summed E-state index contributed by atoms with van der Waals surface area (Å²) >= 11 is 0. The Kier molecular flexibility index (Phi) is 10.5. The quantitative estimate of drug-likeness (QED) is 0.512. The second-order valence-corrected chi connectivity index (χ2v) is 6.16. The van der Waals surface area contributed by atoms with Crippen molar-refractivity contribution >= 4 is 23.5 Å². The van der Waals surface area contributed by atoms with Crippen LogP contribution in [-0.4, -0.2) is 23.5 Å². The minimum atomic E-state index is 0.497. The Balaban J connectivity index is 3.57. The Morgan fingerprint density at radius 3 is 0.875 bits per heavy atom. The third-order valence-corrected chi connectivity index (χ3v) is 4.69. The Morgan fingerprint density at radius 1 is 0.458 bits per heavy atom. The van der Waals surface area contributed by atoms with Gasteiger partial charge in [-0.3, -0.25) is 0 Å². The lowest BCUT2D eigenvalue weighted by Crippen LogP contribution is -2.20. The summed E-state index contributed by atoms with van der Waals surface area (Å²) in [5.41, 5.74) is 25.8. The fourth-order valence-electron chi connectivity index (χ4n) is 3.57. The van der Waals surface area contributed by atoms with Gasteiger partial charge < -0.3 is 17.2 Å². The molecule has 0 bridgehead atoms. The van der Waals surface area contributed by atoms with Crippen LogP contribution in [0, 0.1) is 0 Å². The average molecular weight is 321 g/mol. The van der Waals surface area contributed by atoms with Gasteiger partial charge in [0, 0.05) is 19.6 Å². The van der Waals surface area contributed by atoms with Crippen LogP contribution in [0.15, 0.2) is 0 Å². The number of hydrogen-bond acceptors (Lipinski definition) is 3. The predicted octanol–water partition coefficient (Wildman–Crippen LogP) is 1.62. The van der Waals surface area contributed by atoms with Crippen LogP contribution in [0.25, 0.3) is 0 Å². The summed E-state index contributed by atoms with van der Waals surface area (Å²) in [6.45, 7) is 1.49. The molecule has 0 aliphatic carbocycles. The summed E-state index contributed by atoms with van der Waals surface area (Å²) in [5, 5.41) is 0. The van der Waals surface area contributed by atoms with Crippen molar-refractivity contribution in [3.05, 3.63) is 33.4 Å². The second-order valence-electron chi connectivity index (χ2n) is 6.16. The van der Waals surface area contributed by atoms with E-state index in [1.165, 1.54) is 33.4 Å². The van der Waals surface area contributed by atoms with Gasteiger partial charge in [-0.25, -0.2) is 0 Å². The van der Waals surface area contributed by atoms with E-state index in [0.29, 0.717) is 38.6 Å². The molecule has 0 saturated heterocycles. The van der Waals surface area contributed by atoms with Crippen LogP contribution in [0.2, 0.25) is 19.0 Å². The first-order valence-corrected chi connectivity index (χ1v) is 9.07. The molecule has 0 aliphatic rings. The van der Waals surface area contributed by atoms with E-state index in [1.54, 1.807) is 0 Å². The summed E-state index contributed by atoms with van der Waals surface area (Å²) in [5.74, 6) is 0. The van der Waals surface area contributed by atoms with Gasteiger partial charge in [-0.1, -0.05) is 38.2 Å². The van der Waals surface area contributed by atoms with Crippen LogP contribution in [0.3, 0.4) is 0 Å². The van der Waals surface area contributed by atoms with Gasteiger partial charge >= 0.3 is 0 Å². The molecule has 24 heavy (non-hydrogen) atoms. The predicted molar refractivity (Wildman–Crippen MR) is 107 cm³/mol. The van der Waals surface area contributed by atoms with Crippen LogP contribution >= 0.6 is 0 Å². The van der Waals surface area contributed by atoms with E-state index in [9.17, 15) is 0 Å². The van der Waals surface area contributed by atoms with Gasteiger partial charge in [-0.2, -0.15) is 0 Å². The van der Waals surface area contributed by atoms with Crippen molar-refractivity contribution in [1.29, 1.82) is 0 Å². The van der Waals surface area contributed by atoms with E-state index in [2.05, 4.69) is 0 Å². The molecule has 1 rings (SSSR count). The zero-order valence-electron chi connectivity index (χ0n) is 14.9. The van der Waals surface area contributed by atoms with E-state index >= 15 is 0 Å². The van der Waals surface area contributed by atoms with Crippen LogP contribution in [0.4, 0.5) is 0 Å². The van der Waals surface area contributed by atoms with Crippen LogP contribution in [0.5, 0.6) is 0 Å². The molecule has 126 valence electrons. The van der Waals surface area contributed by atoms with Gasteiger partial charge in [0.05, 0.1) is 23.5 Å². The molecular formula is C18H30B3N3. The van der Waals surface area contributed by atoms with Crippen molar-refractivity contribution in [1.82, 2.24) is 0 Å². The lowest BCUT2D eigenvalue weighted by molar-refractivity contribution is 0.783. The van der Waals surface area contributed by atoms with E-state index in [-0.39, 0.29) is 0 Å². The van der Waals surface area contributed by atoms with E-state index < -0.39 is 0 Å². The van der Waals surface area contributed by atoms with Crippen LogP contribution in [-0.2, 0) is 38.9 Å². The lowest BCUT2D eigenvalue weighted by atomic mass is 9.79. The molecule has 0 fully saturated rings. The zero-order valence-corrected chi connectivity index (χ0v) is 14.9. The summed E-state index contributed by atoms with van der Waals surface area (Å²) in [6, 6.07) is 0. The highest BCUT2D eigenvalue weighted by atomic mass is 14.6. The van der Waals surface area contributed by atoms with Crippen molar-refractivity contribution in [2.75, 3.05) is 0 Å². The van der Waals surface area contributed by atoms with Crippen molar-refractivity contribution in [3.63, 3.8) is 0 Å². The monoisotopic (exact) mass is 321 g/mol. The second kappa shape index (κ2) is 11.8. The molecule has 0 spiro atoms. The third-order valence-electron chi connectivity index (χ3n) is 4.69. The highest BCUT2D eigenvalue weighted by Gasteiger charge is 2.20. The average Bonchev–Trinajstić information content (AvgIpc) is 2.61. The van der Waals surface area contributed by atoms with Gasteiger partial charge in [-0.05, 0) is 52.6 Å². The molecule has 0 saturated carbocycles. The first kappa shape index (κ1) is 21.3. The topological polar surface area (TPSA) is 78.1 Å². The highest BCUT2D eigenvalue weighted by Crippen LogP contribution is 2.32. The Labute approximate surface area is 151 Å². The Bertz CT molecular complexity index is 414. The molecule has 6 heteroatoms. The molecule has 0 unspecified atom stereocenters. The van der Waals surface area contributed by atoms with Crippen molar-refractivity contribution in [3.8, 4) is 0 Å². The third kappa shape index (κ3) is 5.14. The summed E-state index contributed by atoms with van der Waals surface area (Å²) in [4.78, 5) is 0. The van der Waals surface area contributed by atoms with E-state index in [1.807, 2.05) is 0 Å². The number of rotatable bonds is 12.